The Morgan fingerprint density at radius 1 is 1.32 bits per heavy atom. The predicted molar refractivity (Wildman–Crippen MR) is 113 cm³/mol. The minimum absolute atomic E-state index is 0.0819. The minimum Gasteiger partial charge on any atom is -0.379 e. The lowest BCUT2D eigenvalue weighted by Gasteiger charge is -2.13. The van der Waals surface area contributed by atoms with Gasteiger partial charge in [-0.25, -0.2) is 10.4 Å². The lowest BCUT2D eigenvalue weighted by atomic mass is 10.2. The van der Waals surface area contributed by atoms with Gasteiger partial charge in [0.25, 0.3) is 5.56 Å². The summed E-state index contributed by atoms with van der Waals surface area (Å²) in [6, 6.07) is 9.36. The number of aromatic nitrogens is 3. The van der Waals surface area contributed by atoms with Gasteiger partial charge in [0.1, 0.15) is 0 Å². The first kappa shape index (κ1) is 19.8. The second-order valence-electron chi connectivity index (χ2n) is 7.09. The normalized spacial score (nSPS) is 11.8. The first-order valence-corrected chi connectivity index (χ1v) is 9.52. The van der Waals surface area contributed by atoms with Crippen LogP contribution >= 0.6 is 0 Å². The summed E-state index contributed by atoms with van der Waals surface area (Å²) in [6.45, 7) is 9.07. The van der Waals surface area contributed by atoms with Gasteiger partial charge in [0.15, 0.2) is 0 Å². The zero-order chi connectivity index (χ0) is 20.1. The van der Waals surface area contributed by atoms with E-state index in [1.165, 1.54) is 0 Å². The quantitative estimate of drug-likeness (QED) is 0.355. The Hall–Kier alpha value is -2.93. The molecule has 0 amide bonds. The lowest BCUT2D eigenvalue weighted by Crippen LogP contribution is -2.25. The summed E-state index contributed by atoms with van der Waals surface area (Å²) in [5.74, 6) is 0.425. The lowest BCUT2D eigenvalue weighted by molar-refractivity contribution is 0.0748. The second kappa shape index (κ2) is 8.84. The maximum absolute atomic E-state index is 13.0. The molecule has 0 aliphatic carbocycles. The summed E-state index contributed by atoms with van der Waals surface area (Å²) in [6.07, 6.45) is 2.61. The van der Waals surface area contributed by atoms with Gasteiger partial charge >= 0.3 is 0 Å². The number of rotatable bonds is 8. The number of nitrogens with zero attached hydrogens (tertiary/aromatic N) is 3. The molecule has 0 radical (unpaired) electrons. The molecule has 148 valence electrons. The smallest absolute Gasteiger partial charge is 0.262 e. The Morgan fingerprint density at radius 2 is 2.11 bits per heavy atom. The van der Waals surface area contributed by atoms with Crippen molar-refractivity contribution in [2.24, 2.45) is 5.10 Å². The second-order valence-corrected chi connectivity index (χ2v) is 7.09. The molecule has 7 heteroatoms. The van der Waals surface area contributed by atoms with E-state index < -0.39 is 0 Å². The number of hydrogen-bond acceptors (Lipinski definition) is 5. The number of H-pyrrole nitrogens is 1. The van der Waals surface area contributed by atoms with E-state index in [1.807, 2.05) is 52.0 Å². The van der Waals surface area contributed by atoms with E-state index in [9.17, 15) is 4.79 Å². The molecule has 2 N–H and O–H groups in total. The van der Waals surface area contributed by atoms with Crippen LogP contribution < -0.4 is 11.0 Å². The molecular formula is C21H27N5O2. The van der Waals surface area contributed by atoms with Crippen LogP contribution in [-0.2, 0) is 11.3 Å². The van der Waals surface area contributed by atoms with Crippen molar-refractivity contribution in [1.82, 2.24) is 14.5 Å². The zero-order valence-corrected chi connectivity index (χ0v) is 16.8. The third kappa shape index (κ3) is 4.67. The summed E-state index contributed by atoms with van der Waals surface area (Å²) >= 11 is 0. The number of aryl methyl sites for hydroxylation is 2. The number of hydrogen-bond donors (Lipinski definition) is 2. The third-order valence-corrected chi connectivity index (χ3v) is 4.40. The number of hydrazone groups is 1. The van der Waals surface area contributed by atoms with Gasteiger partial charge in [-0.05, 0) is 52.3 Å². The van der Waals surface area contributed by atoms with E-state index in [4.69, 9.17) is 4.74 Å². The van der Waals surface area contributed by atoms with E-state index in [0.29, 0.717) is 36.4 Å². The molecule has 0 fully saturated rings. The standard InChI is InChI=1S/C21H27N5O2/c1-14(2)28-11-7-10-26-20(27)18-8-5-6-9-19(18)24-21(26)25-22-13-17-12-15(3)23-16(17)4/h5-6,8-9,12-14,23H,7,10-11H2,1-4H3,(H,24,25)/b22-13+. The van der Waals surface area contributed by atoms with Crippen LogP contribution in [0.15, 0.2) is 40.2 Å². The fourth-order valence-electron chi connectivity index (χ4n) is 3.04. The van der Waals surface area contributed by atoms with Crippen molar-refractivity contribution in [3.05, 3.63) is 57.6 Å². The Kier molecular flexibility index (Phi) is 6.26. The van der Waals surface area contributed by atoms with E-state index in [-0.39, 0.29) is 11.7 Å². The molecule has 0 bridgehead atoms. The largest absolute Gasteiger partial charge is 0.379 e. The highest BCUT2D eigenvalue weighted by Crippen LogP contribution is 2.12. The van der Waals surface area contributed by atoms with Gasteiger partial charge in [0.2, 0.25) is 5.95 Å². The van der Waals surface area contributed by atoms with E-state index in [1.54, 1.807) is 16.8 Å². The molecule has 0 aliphatic heterocycles. The Balaban J connectivity index is 1.86. The van der Waals surface area contributed by atoms with Crippen molar-refractivity contribution in [3.63, 3.8) is 0 Å². The van der Waals surface area contributed by atoms with Crippen LogP contribution in [0.5, 0.6) is 0 Å². The Bertz CT molecular complexity index is 1030. The number of aromatic amines is 1. The number of ether oxygens (including phenoxy) is 1. The first-order valence-electron chi connectivity index (χ1n) is 9.52. The van der Waals surface area contributed by atoms with E-state index in [0.717, 1.165) is 17.0 Å². The third-order valence-electron chi connectivity index (χ3n) is 4.40. The number of nitrogens with one attached hydrogen (secondary N) is 2. The topological polar surface area (TPSA) is 84.3 Å². The van der Waals surface area contributed by atoms with Gasteiger partial charge in [-0.2, -0.15) is 5.10 Å². The van der Waals surface area contributed by atoms with Crippen LogP contribution in [0, 0.1) is 13.8 Å². The van der Waals surface area contributed by atoms with Crippen LogP contribution in [-0.4, -0.2) is 33.5 Å². The number of anilines is 1. The van der Waals surface area contributed by atoms with Gasteiger partial charge in [-0.1, -0.05) is 12.1 Å². The maximum atomic E-state index is 13.0. The van der Waals surface area contributed by atoms with Crippen molar-refractivity contribution < 1.29 is 4.74 Å². The minimum atomic E-state index is -0.0819. The summed E-state index contributed by atoms with van der Waals surface area (Å²) in [5.41, 5.74) is 6.62. The van der Waals surface area contributed by atoms with Gasteiger partial charge in [0, 0.05) is 30.1 Å². The van der Waals surface area contributed by atoms with E-state index >= 15 is 0 Å². The molecule has 0 unspecified atom stereocenters. The summed E-state index contributed by atoms with van der Waals surface area (Å²) in [7, 11) is 0. The Morgan fingerprint density at radius 3 is 2.82 bits per heavy atom. The van der Waals surface area contributed by atoms with Crippen molar-refractivity contribution >= 4 is 23.1 Å². The average Bonchev–Trinajstić information content (AvgIpc) is 2.97. The van der Waals surface area contributed by atoms with Gasteiger partial charge in [0.05, 0.1) is 23.2 Å². The molecule has 0 atom stereocenters. The number of benzene rings is 1. The average molecular weight is 381 g/mol. The number of fused-ring (bicyclic) bond motifs is 1. The molecule has 2 heterocycles. The van der Waals surface area contributed by atoms with Crippen molar-refractivity contribution in [3.8, 4) is 0 Å². The molecule has 0 aliphatic rings. The van der Waals surface area contributed by atoms with Crippen molar-refractivity contribution in [2.45, 2.75) is 46.8 Å². The molecule has 2 aromatic heterocycles. The molecule has 3 rings (SSSR count). The molecule has 7 nitrogen and oxygen atoms in total. The van der Waals surface area contributed by atoms with Crippen molar-refractivity contribution in [1.29, 1.82) is 0 Å². The molecule has 1 aromatic carbocycles. The molecular weight excluding hydrogens is 354 g/mol. The summed E-state index contributed by atoms with van der Waals surface area (Å²) < 4.78 is 7.22. The van der Waals surface area contributed by atoms with Crippen LogP contribution in [0.4, 0.5) is 5.95 Å². The van der Waals surface area contributed by atoms with Crippen LogP contribution in [0.25, 0.3) is 10.9 Å². The highest BCUT2D eigenvalue weighted by atomic mass is 16.5. The predicted octanol–water partition coefficient (Wildman–Crippen LogP) is 3.60. The number of para-hydroxylation sites is 1. The maximum Gasteiger partial charge on any atom is 0.262 e. The Labute approximate surface area is 164 Å². The van der Waals surface area contributed by atoms with Gasteiger partial charge in [-0.15, -0.1) is 0 Å². The SMILES string of the molecule is Cc1cc(/C=N/Nc2nc3ccccc3c(=O)n2CCCOC(C)C)c(C)[nH]1. The van der Waals surface area contributed by atoms with Gasteiger partial charge in [-0.3, -0.25) is 9.36 Å². The highest BCUT2D eigenvalue weighted by Gasteiger charge is 2.10. The summed E-state index contributed by atoms with van der Waals surface area (Å²) in [4.78, 5) is 20.8. The first-order chi connectivity index (χ1) is 13.5. The van der Waals surface area contributed by atoms with Gasteiger partial charge < -0.3 is 9.72 Å². The zero-order valence-electron chi connectivity index (χ0n) is 16.8. The molecule has 28 heavy (non-hydrogen) atoms. The summed E-state index contributed by atoms with van der Waals surface area (Å²) in [5, 5.41) is 4.90. The molecule has 3 aromatic rings. The fraction of sp³-hybridized carbons (Fsp3) is 0.381. The van der Waals surface area contributed by atoms with E-state index in [2.05, 4.69) is 20.5 Å². The monoisotopic (exact) mass is 381 g/mol. The van der Waals surface area contributed by atoms with Crippen LogP contribution in [0.2, 0.25) is 0 Å². The molecule has 0 saturated heterocycles. The molecule has 0 saturated carbocycles. The highest BCUT2D eigenvalue weighted by molar-refractivity contribution is 5.82. The van der Waals surface area contributed by atoms with Crippen LogP contribution in [0.1, 0.15) is 37.2 Å². The molecule has 0 spiro atoms. The fourth-order valence-corrected chi connectivity index (χ4v) is 3.04. The van der Waals surface area contributed by atoms with Crippen molar-refractivity contribution in [2.75, 3.05) is 12.0 Å². The van der Waals surface area contributed by atoms with Crippen LogP contribution in [0.3, 0.4) is 0 Å².